The van der Waals surface area contributed by atoms with Gasteiger partial charge in [0.05, 0.1) is 6.04 Å². The van der Waals surface area contributed by atoms with Gasteiger partial charge in [-0.15, -0.1) is 0 Å². The van der Waals surface area contributed by atoms with Gasteiger partial charge in [-0.05, 0) is 61.4 Å². The molecule has 12 nitrogen and oxygen atoms in total. The molecule has 2 saturated heterocycles. The first-order valence-electron chi connectivity index (χ1n) is 14.2. The van der Waals surface area contributed by atoms with E-state index in [4.69, 9.17) is 23.7 Å². The summed E-state index contributed by atoms with van der Waals surface area (Å²) in [7, 11) is 0. The maximum atomic E-state index is 15.0. The lowest BCUT2D eigenvalue weighted by Gasteiger charge is -2.41. The maximum Gasteiger partial charge on any atom is 0.247 e. The molecule has 1 amide bonds. The van der Waals surface area contributed by atoms with Gasteiger partial charge >= 0.3 is 0 Å². The normalized spacial score (nSPS) is 33.5. The van der Waals surface area contributed by atoms with Crippen molar-refractivity contribution in [3.05, 3.63) is 76.9 Å². The number of ether oxygens (including phenoxy) is 5. The van der Waals surface area contributed by atoms with E-state index in [-0.39, 0.29) is 36.0 Å². The van der Waals surface area contributed by atoms with Crippen molar-refractivity contribution in [2.45, 2.75) is 75.0 Å². The molecule has 1 aliphatic carbocycles. The molecule has 10 atom stereocenters. The molecule has 244 valence electrons. The van der Waals surface area contributed by atoms with Crippen LogP contribution in [0.5, 0.6) is 11.5 Å². The third kappa shape index (κ3) is 7.03. The van der Waals surface area contributed by atoms with E-state index in [1.807, 2.05) is 0 Å². The molecule has 14 heteroatoms. The van der Waals surface area contributed by atoms with E-state index >= 15 is 4.39 Å². The van der Waals surface area contributed by atoms with Gasteiger partial charge in [0.1, 0.15) is 62.2 Å². The fourth-order valence-electron chi connectivity index (χ4n) is 5.42. The molecule has 2 aromatic carbocycles. The van der Waals surface area contributed by atoms with Crippen LogP contribution in [0, 0.1) is 11.6 Å². The van der Waals surface area contributed by atoms with E-state index in [1.165, 1.54) is 43.3 Å². The Labute approximate surface area is 257 Å². The Balaban J connectivity index is 1.18. The van der Waals surface area contributed by atoms with E-state index in [9.17, 15) is 34.7 Å². The number of halogens is 2. The predicted molar refractivity (Wildman–Crippen MR) is 152 cm³/mol. The van der Waals surface area contributed by atoms with Gasteiger partial charge in [0.2, 0.25) is 12.2 Å². The maximum absolute atomic E-state index is 15.0. The minimum atomic E-state index is -1.52. The summed E-state index contributed by atoms with van der Waals surface area (Å²) in [6, 6.07) is 8.41. The Morgan fingerprint density at radius 3 is 2.33 bits per heavy atom. The van der Waals surface area contributed by atoms with Crippen LogP contribution in [0.25, 0.3) is 6.08 Å². The molecule has 3 aliphatic rings. The van der Waals surface area contributed by atoms with E-state index < -0.39 is 78.7 Å². The van der Waals surface area contributed by atoms with E-state index in [0.29, 0.717) is 5.57 Å². The van der Waals surface area contributed by atoms with Gasteiger partial charge in [-0.2, -0.15) is 0 Å². The number of hydrogen-bond acceptors (Lipinski definition) is 11. The number of aliphatic hydroxyl groups excluding tert-OH is 5. The first kappa shape index (κ1) is 32.9. The van der Waals surface area contributed by atoms with Gasteiger partial charge in [0, 0.05) is 5.57 Å². The highest BCUT2D eigenvalue weighted by Gasteiger charge is 2.53. The minimum absolute atomic E-state index is 0.0316. The monoisotopic (exact) mass is 635 g/mol. The lowest BCUT2D eigenvalue weighted by molar-refractivity contribution is -0.155. The van der Waals surface area contributed by atoms with Crippen molar-refractivity contribution in [3.8, 4) is 11.5 Å². The molecule has 45 heavy (non-hydrogen) atoms. The van der Waals surface area contributed by atoms with Crippen molar-refractivity contribution in [1.29, 1.82) is 0 Å². The molecule has 2 aliphatic heterocycles. The van der Waals surface area contributed by atoms with Crippen LogP contribution in [0.1, 0.15) is 19.4 Å². The molecule has 0 bridgehead atoms. The number of fused-ring (bicyclic) bond motifs is 1. The predicted octanol–water partition coefficient (Wildman–Crippen LogP) is 0.541. The fourth-order valence-corrected chi connectivity index (χ4v) is 5.42. The average molecular weight is 636 g/mol. The van der Waals surface area contributed by atoms with E-state index in [0.717, 1.165) is 6.07 Å². The smallest absolute Gasteiger partial charge is 0.247 e. The molecule has 6 N–H and O–H groups in total. The molecule has 2 heterocycles. The van der Waals surface area contributed by atoms with Crippen LogP contribution in [-0.2, 0) is 19.0 Å². The minimum Gasteiger partial charge on any atom is -0.486 e. The van der Waals surface area contributed by atoms with Gasteiger partial charge in [-0.3, -0.25) is 4.79 Å². The highest BCUT2D eigenvalue weighted by molar-refractivity contribution is 5.97. The zero-order valence-corrected chi connectivity index (χ0v) is 24.3. The topological polar surface area (TPSA) is 176 Å². The van der Waals surface area contributed by atoms with Gasteiger partial charge in [-0.25, -0.2) is 8.78 Å². The fraction of sp³-hybridized carbons (Fsp3) is 0.452. The largest absolute Gasteiger partial charge is 0.486 e. The molecule has 1 saturated carbocycles. The number of carbonyl (C=O) groups is 1. The summed E-state index contributed by atoms with van der Waals surface area (Å²) >= 11 is 0. The molecule has 0 radical (unpaired) electrons. The summed E-state index contributed by atoms with van der Waals surface area (Å²) in [4.78, 5) is 12.8. The van der Waals surface area contributed by atoms with Crippen molar-refractivity contribution in [3.63, 3.8) is 0 Å². The van der Waals surface area contributed by atoms with Crippen molar-refractivity contribution in [1.82, 2.24) is 5.32 Å². The molecule has 0 aromatic heterocycles. The standard InChI is InChI=1S/C31H35F2NO11/c1-14(9-10-41-19-6-4-3-5-17(19)32)27-25(38)26(39)31(45-27)44-20-8-7-16(12-18(20)33)11-15(2)30(40)34-21-22(35)24(37)29-28(23(21)36)42-13-43-29/h3-9,11-12,21-29,31,35-39H,10,13H2,1-2H3,(H,34,40)/b14-9-,15-11+/t21-,22+,23-,24-,25+,26-,27-,28+,29-,31-/m1/s1. The van der Waals surface area contributed by atoms with E-state index in [1.54, 1.807) is 19.1 Å². The number of rotatable bonds is 9. The molecule has 3 fully saturated rings. The second-order valence-corrected chi connectivity index (χ2v) is 11.1. The highest BCUT2D eigenvalue weighted by Crippen LogP contribution is 2.32. The Bertz CT molecular complexity index is 1440. The summed E-state index contributed by atoms with van der Waals surface area (Å²) < 4.78 is 55.8. The Hall–Kier alpha value is -3.47. The second-order valence-electron chi connectivity index (χ2n) is 11.1. The van der Waals surface area contributed by atoms with Crippen molar-refractivity contribution in [2.24, 2.45) is 0 Å². The Kier molecular flexibility index (Phi) is 10.2. The molecule has 0 unspecified atom stereocenters. The second kappa shape index (κ2) is 13.9. The van der Waals surface area contributed by atoms with E-state index in [2.05, 4.69) is 5.32 Å². The zero-order chi connectivity index (χ0) is 32.4. The number of para-hydroxylation sites is 1. The number of carbonyl (C=O) groups excluding carboxylic acids is 1. The van der Waals surface area contributed by atoms with Crippen LogP contribution in [-0.4, -0.2) is 106 Å². The first-order chi connectivity index (χ1) is 21.5. The van der Waals surface area contributed by atoms with Crippen molar-refractivity contribution >= 4 is 12.0 Å². The quantitative estimate of drug-likeness (QED) is 0.168. The lowest BCUT2D eigenvalue weighted by Crippen LogP contribution is -2.67. The molecular formula is C31H35F2NO11. The molecule has 5 rings (SSSR count). The summed E-state index contributed by atoms with van der Waals surface area (Å²) in [5.74, 6) is -2.30. The SMILES string of the molecule is C/C(=C/COc1ccccc1F)[C@H]1O[C@@H](Oc2ccc(/C=C(\C)C(=O)N[C@@H]3[C@H](O)[C@@H](O)[C@H]4OCO[C@H]4[C@@H]3O)cc2F)[C@H](O)[C@@H]1O. The molecule has 2 aromatic rings. The van der Waals surface area contributed by atoms with Crippen LogP contribution >= 0.6 is 0 Å². The molecular weight excluding hydrogens is 600 g/mol. The van der Waals surface area contributed by atoms with Gasteiger partial charge in [0.25, 0.3) is 0 Å². The van der Waals surface area contributed by atoms with Crippen molar-refractivity contribution < 1.29 is 62.8 Å². The van der Waals surface area contributed by atoms with Crippen LogP contribution < -0.4 is 14.8 Å². The van der Waals surface area contributed by atoms with Crippen LogP contribution in [0.4, 0.5) is 8.78 Å². The number of aliphatic hydroxyl groups is 5. The lowest BCUT2D eigenvalue weighted by atomic mass is 9.83. The van der Waals surface area contributed by atoms with Gasteiger partial charge < -0.3 is 54.5 Å². The summed E-state index contributed by atoms with van der Waals surface area (Å²) in [5.41, 5.74) is 0.846. The van der Waals surface area contributed by atoms with Crippen LogP contribution in [0.3, 0.4) is 0 Å². The number of nitrogens with one attached hydrogen (secondary N) is 1. The van der Waals surface area contributed by atoms with Crippen molar-refractivity contribution in [2.75, 3.05) is 13.4 Å². The first-order valence-corrected chi connectivity index (χ1v) is 14.2. The highest BCUT2D eigenvalue weighted by atomic mass is 19.1. The number of amides is 1. The average Bonchev–Trinajstić information content (AvgIpc) is 3.62. The van der Waals surface area contributed by atoms with Crippen LogP contribution in [0.2, 0.25) is 0 Å². The third-order valence-electron chi connectivity index (χ3n) is 7.99. The molecule has 0 spiro atoms. The summed E-state index contributed by atoms with van der Waals surface area (Å²) in [6.45, 7) is 2.86. The Morgan fingerprint density at radius 1 is 0.911 bits per heavy atom. The third-order valence-corrected chi connectivity index (χ3v) is 7.99. The Morgan fingerprint density at radius 2 is 1.62 bits per heavy atom. The van der Waals surface area contributed by atoms with Crippen LogP contribution in [0.15, 0.2) is 59.7 Å². The number of benzene rings is 2. The van der Waals surface area contributed by atoms with Gasteiger partial charge in [-0.1, -0.05) is 18.2 Å². The number of hydrogen-bond donors (Lipinski definition) is 6. The van der Waals surface area contributed by atoms with Gasteiger partial charge in [0.15, 0.2) is 23.1 Å². The zero-order valence-electron chi connectivity index (χ0n) is 24.3. The summed E-state index contributed by atoms with van der Waals surface area (Å²) in [6.07, 6.45) is -8.54. The summed E-state index contributed by atoms with van der Waals surface area (Å²) in [5, 5.41) is 54.8.